The van der Waals surface area contributed by atoms with Crippen LogP contribution in [0.4, 0.5) is 0 Å². The molecule has 0 aromatic carbocycles. The second kappa shape index (κ2) is 15.2. The number of hydrogen-bond acceptors (Lipinski definition) is 2. The molecule has 2 aromatic heterocycles. The predicted octanol–water partition coefficient (Wildman–Crippen LogP) is 4.91. The monoisotopic (exact) mass is 438 g/mol. The first-order valence-electron chi connectivity index (χ1n) is 12.5. The Balaban J connectivity index is 1.42. The molecular weight excluding hydrogens is 396 g/mol. The maximum absolute atomic E-state index is 8.74. The topological polar surface area (TPSA) is 65.2 Å². The summed E-state index contributed by atoms with van der Waals surface area (Å²) >= 11 is 0. The van der Waals surface area contributed by atoms with Crippen LogP contribution in [0, 0.1) is 36.5 Å². The molecule has 6 heteroatoms. The molecule has 2 aromatic rings. The van der Waals surface area contributed by atoms with Crippen LogP contribution in [0.15, 0.2) is 24.8 Å². The van der Waals surface area contributed by atoms with Crippen molar-refractivity contribution >= 4 is 0 Å². The molecule has 0 amide bonds. The Morgan fingerprint density at radius 2 is 0.969 bits per heavy atom. The molecule has 0 aliphatic rings. The van der Waals surface area contributed by atoms with E-state index >= 15 is 0 Å². The van der Waals surface area contributed by atoms with Crippen molar-refractivity contribution in [1.29, 1.82) is 10.5 Å². The summed E-state index contributed by atoms with van der Waals surface area (Å²) in [7, 11) is 0. The van der Waals surface area contributed by atoms with E-state index in [9.17, 15) is 0 Å². The molecule has 0 spiro atoms. The van der Waals surface area contributed by atoms with Gasteiger partial charge in [0.1, 0.15) is 37.9 Å². The van der Waals surface area contributed by atoms with Gasteiger partial charge in [-0.3, -0.25) is 0 Å². The van der Waals surface area contributed by atoms with E-state index in [2.05, 4.69) is 69.0 Å². The zero-order chi connectivity index (χ0) is 23.0. The van der Waals surface area contributed by atoms with Crippen molar-refractivity contribution in [2.24, 2.45) is 0 Å². The second-order valence-electron chi connectivity index (χ2n) is 8.82. The lowest BCUT2D eigenvalue weighted by Gasteiger charge is -2.03. The molecule has 0 atom stereocenters. The smallest absolute Gasteiger partial charge is 0.234 e. The van der Waals surface area contributed by atoms with Gasteiger partial charge in [-0.05, 0) is 25.7 Å². The van der Waals surface area contributed by atoms with Crippen LogP contribution in [0.25, 0.3) is 0 Å². The molecule has 174 valence electrons. The van der Waals surface area contributed by atoms with Crippen LogP contribution in [0.1, 0.15) is 88.7 Å². The van der Waals surface area contributed by atoms with Crippen LogP contribution in [-0.2, 0) is 26.2 Å². The average molecular weight is 439 g/mol. The van der Waals surface area contributed by atoms with Gasteiger partial charge in [-0.1, -0.05) is 38.5 Å². The SMILES string of the molecule is Cc1n(CCCCCCCCCCCCn2cc[n+](CCC#N)c2C)cc[n+]1CCC#N. The Hall–Kier alpha value is -2.60. The Labute approximate surface area is 194 Å². The predicted molar refractivity (Wildman–Crippen MR) is 125 cm³/mol. The van der Waals surface area contributed by atoms with Crippen LogP contribution >= 0.6 is 0 Å². The number of unbranched alkanes of at least 4 members (excludes halogenated alkanes) is 9. The summed E-state index contributed by atoms with van der Waals surface area (Å²) in [5.41, 5.74) is 0. The number of imidazole rings is 2. The summed E-state index contributed by atoms with van der Waals surface area (Å²) in [4.78, 5) is 0. The molecule has 0 saturated carbocycles. The molecule has 0 radical (unpaired) electrons. The molecule has 0 fully saturated rings. The van der Waals surface area contributed by atoms with E-state index in [-0.39, 0.29) is 0 Å². The molecule has 0 aliphatic carbocycles. The fourth-order valence-corrected chi connectivity index (χ4v) is 4.35. The molecule has 32 heavy (non-hydrogen) atoms. The molecule has 6 nitrogen and oxygen atoms in total. The van der Waals surface area contributed by atoms with Crippen LogP contribution in [0.5, 0.6) is 0 Å². The molecule has 2 rings (SSSR count). The number of aryl methyl sites for hydroxylation is 4. The van der Waals surface area contributed by atoms with Crippen LogP contribution < -0.4 is 9.13 Å². The summed E-state index contributed by atoms with van der Waals surface area (Å²) in [6.45, 7) is 8.05. The Morgan fingerprint density at radius 3 is 1.31 bits per heavy atom. The Kier molecular flexibility index (Phi) is 12.2. The van der Waals surface area contributed by atoms with Gasteiger partial charge in [0.05, 0.1) is 38.1 Å². The molecule has 2 heterocycles. The lowest BCUT2D eigenvalue weighted by molar-refractivity contribution is -0.701. The van der Waals surface area contributed by atoms with Crippen molar-refractivity contribution in [3.63, 3.8) is 0 Å². The molecule has 0 N–H and O–H groups in total. The highest BCUT2D eigenvalue weighted by molar-refractivity contribution is 4.81. The maximum atomic E-state index is 8.74. The fraction of sp³-hybridized carbons (Fsp3) is 0.692. The molecule has 0 saturated heterocycles. The summed E-state index contributed by atoms with van der Waals surface area (Å²) in [5, 5.41) is 17.5. The van der Waals surface area contributed by atoms with E-state index in [1.165, 1.54) is 75.9 Å². The summed E-state index contributed by atoms with van der Waals surface area (Å²) < 4.78 is 8.99. The van der Waals surface area contributed by atoms with Gasteiger partial charge in [-0.2, -0.15) is 10.5 Å². The number of nitriles is 2. The van der Waals surface area contributed by atoms with Crippen molar-refractivity contribution in [1.82, 2.24) is 9.13 Å². The highest BCUT2D eigenvalue weighted by Gasteiger charge is 2.12. The number of aromatic nitrogens is 4. The third-order valence-corrected chi connectivity index (χ3v) is 6.49. The van der Waals surface area contributed by atoms with Crippen LogP contribution in [0.3, 0.4) is 0 Å². The van der Waals surface area contributed by atoms with Gasteiger partial charge < -0.3 is 0 Å². The van der Waals surface area contributed by atoms with Crippen molar-refractivity contribution in [3.8, 4) is 12.1 Å². The average Bonchev–Trinajstić information content (AvgIpc) is 3.33. The third kappa shape index (κ3) is 8.87. The van der Waals surface area contributed by atoms with Gasteiger partial charge in [0.15, 0.2) is 0 Å². The first kappa shape index (κ1) is 25.7. The van der Waals surface area contributed by atoms with Crippen molar-refractivity contribution < 1.29 is 9.13 Å². The largest absolute Gasteiger partial charge is 0.253 e. The minimum atomic E-state index is 0.576. The van der Waals surface area contributed by atoms with Gasteiger partial charge in [0.25, 0.3) is 11.6 Å². The van der Waals surface area contributed by atoms with E-state index in [0.29, 0.717) is 12.8 Å². The van der Waals surface area contributed by atoms with Gasteiger partial charge in [0, 0.05) is 13.8 Å². The quantitative estimate of drug-likeness (QED) is 0.260. The van der Waals surface area contributed by atoms with Gasteiger partial charge in [-0.15, -0.1) is 0 Å². The first-order valence-corrected chi connectivity index (χ1v) is 12.5. The van der Waals surface area contributed by atoms with E-state index in [0.717, 1.165) is 26.2 Å². The third-order valence-electron chi connectivity index (χ3n) is 6.49. The van der Waals surface area contributed by atoms with Gasteiger partial charge in [0.2, 0.25) is 0 Å². The summed E-state index contributed by atoms with van der Waals surface area (Å²) in [6.07, 6.45) is 22.9. The van der Waals surface area contributed by atoms with E-state index in [4.69, 9.17) is 10.5 Å². The van der Waals surface area contributed by atoms with Crippen LogP contribution in [-0.4, -0.2) is 9.13 Å². The Bertz CT molecular complexity index is 792. The zero-order valence-electron chi connectivity index (χ0n) is 20.3. The normalized spacial score (nSPS) is 10.9. The first-order chi connectivity index (χ1) is 15.7. The molecular formula is C26H42N6+2. The van der Waals surface area contributed by atoms with Crippen molar-refractivity contribution in [3.05, 3.63) is 36.4 Å². The highest BCUT2D eigenvalue weighted by Crippen LogP contribution is 2.12. The van der Waals surface area contributed by atoms with Gasteiger partial charge >= 0.3 is 0 Å². The lowest BCUT2D eigenvalue weighted by Crippen LogP contribution is -2.35. The number of nitrogens with zero attached hydrogens (tertiary/aromatic N) is 6. The second-order valence-corrected chi connectivity index (χ2v) is 8.82. The van der Waals surface area contributed by atoms with Gasteiger partial charge in [-0.25, -0.2) is 18.3 Å². The number of hydrogen-bond donors (Lipinski definition) is 0. The number of rotatable bonds is 17. The molecule has 0 bridgehead atoms. The highest BCUT2D eigenvalue weighted by atomic mass is 15.1. The van der Waals surface area contributed by atoms with E-state index in [1.807, 2.05) is 0 Å². The van der Waals surface area contributed by atoms with Crippen LogP contribution in [0.2, 0.25) is 0 Å². The molecule has 0 unspecified atom stereocenters. The minimum absolute atomic E-state index is 0.576. The standard InChI is InChI=1S/C26H42N6/c1-25-29(21-23-31(25)19-13-15-27)17-11-9-7-5-3-4-6-8-10-12-18-30-22-24-32(26(30)2)20-14-16-28/h21-24H,3-14,17-20H2,1-2H3/q+2. The summed E-state index contributed by atoms with van der Waals surface area (Å²) in [5.74, 6) is 2.51. The van der Waals surface area contributed by atoms with E-state index in [1.54, 1.807) is 0 Å². The summed E-state index contributed by atoms with van der Waals surface area (Å²) in [6, 6.07) is 4.44. The molecule has 0 aliphatic heterocycles. The Morgan fingerprint density at radius 1 is 0.625 bits per heavy atom. The van der Waals surface area contributed by atoms with E-state index < -0.39 is 0 Å². The maximum Gasteiger partial charge on any atom is 0.253 e. The minimum Gasteiger partial charge on any atom is -0.234 e. The zero-order valence-corrected chi connectivity index (χ0v) is 20.3. The fourth-order valence-electron chi connectivity index (χ4n) is 4.35. The van der Waals surface area contributed by atoms with Crippen molar-refractivity contribution in [2.45, 2.75) is 117 Å². The lowest BCUT2D eigenvalue weighted by atomic mass is 10.1. The van der Waals surface area contributed by atoms with Crippen molar-refractivity contribution in [2.75, 3.05) is 0 Å².